The van der Waals surface area contributed by atoms with Gasteiger partial charge in [-0.3, -0.25) is 4.79 Å². The number of hydrogen-bond acceptors (Lipinski definition) is 4. The molecule has 0 unspecified atom stereocenters. The fraction of sp³-hybridized carbons (Fsp3) is 0.286. The van der Waals surface area contributed by atoms with Gasteiger partial charge in [0.1, 0.15) is 23.9 Å². The van der Waals surface area contributed by atoms with Crippen molar-refractivity contribution in [3.05, 3.63) is 65.0 Å². The molecule has 0 aromatic heterocycles. The summed E-state index contributed by atoms with van der Waals surface area (Å²) in [5, 5.41) is 2.77. The van der Waals surface area contributed by atoms with Crippen LogP contribution in [-0.2, 0) is 4.79 Å². The second-order valence-electron chi connectivity index (χ2n) is 6.91. The van der Waals surface area contributed by atoms with Gasteiger partial charge in [0, 0.05) is 24.2 Å². The molecule has 0 bridgehead atoms. The number of benzene rings is 2. The fourth-order valence-corrected chi connectivity index (χ4v) is 3.04. The molecule has 2 aromatic rings. The molecule has 0 radical (unpaired) electrons. The molecule has 0 aliphatic carbocycles. The maximum Gasteiger partial charge on any atom is 0.573 e. The molecule has 30 heavy (non-hydrogen) atoms. The van der Waals surface area contributed by atoms with Crippen molar-refractivity contribution >= 4 is 11.5 Å². The van der Waals surface area contributed by atoms with Gasteiger partial charge in [-0.2, -0.15) is 0 Å². The number of nitrogens with zero attached hydrogens (tertiary/aromatic N) is 1. The number of likely N-dealkylation sites (N-methyl/N-ethyl adjacent to an activating group) is 1. The maximum atomic E-state index is 13.4. The lowest BCUT2D eigenvalue weighted by Gasteiger charge is -2.25. The molecule has 0 spiro atoms. The topological polar surface area (TPSA) is 50.8 Å². The van der Waals surface area contributed by atoms with E-state index < -0.39 is 23.8 Å². The van der Waals surface area contributed by atoms with Crippen molar-refractivity contribution < 1.29 is 31.8 Å². The summed E-state index contributed by atoms with van der Waals surface area (Å²) < 4.78 is 61.1. The Morgan fingerprint density at radius 1 is 1.17 bits per heavy atom. The summed E-state index contributed by atoms with van der Waals surface area (Å²) in [6.07, 6.45) is -4.87. The highest BCUT2D eigenvalue weighted by atomic mass is 19.4. The Kier molecular flexibility index (Phi) is 6.31. The highest BCUT2D eigenvalue weighted by Gasteiger charge is 2.32. The van der Waals surface area contributed by atoms with Gasteiger partial charge < -0.3 is 19.7 Å². The molecule has 9 heteroatoms. The third kappa shape index (κ3) is 5.29. The molecular weight excluding hydrogens is 404 g/mol. The third-order valence-electron chi connectivity index (χ3n) is 4.38. The molecular formula is C21H20F4N2O3. The number of fused-ring (bicyclic) bond motifs is 1. The van der Waals surface area contributed by atoms with E-state index >= 15 is 0 Å². The first kappa shape index (κ1) is 21.6. The summed E-state index contributed by atoms with van der Waals surface area (Å²) in [6, 6.07) is 9.00. The molecule has 160 valence electrons. The van der Waals surface area contributed by atoms with E-state index in [1.165, 1.54) is 30.3 Å². The van der Waals surface area contributed by atoms with Crippen LogP contribution in [-0.4, -0.2) is 51.0 Å². The predicted octanol–water partition coefficient (Wildman–Crippen LogP) is 3.60. The molecule has 5 nitrogen and oxygen atoms in total. The molecule has 3 rings (SSSR count). The lowest BCUT2D eigenvalue weighted by atomic mass is 9.90. The van der Waals surface area contributed by atoms with Gasteiger partial charge in [-0.25, -0.2) is 4.39 Å². The first-order chi connectivity index (χ1) is 14.1. The van der Waals surface area contributed by atoms with E-state index in [0.717, 1.165) is 12.1 Å². The van der Waals surface area contributed by atoms with Crippen LogP contribution in [0.2, 0.25) is 0 Å². The molecule has 0 saturated carbocycles. The number of nitrogens with one attached hydrogen (secondary N) is 1. The summed E-state index contributed by atoms with van der Waals surface area (Å²) >= 11 is 0. The molecule has 0 fully saturated rings. The first-order valence-electron chi connectivity index (χ1n) is 9.09. The molecule has 1 aliphatic rings. The van der Waals surface area contributed by atoms with E-state index in [2.05, 4.69) is 10.1 Å². The number of rotatable bonds is 6. The molecule has 1 amide bonds. The third-order valence-corrected chi connectivity index (χ3v) is 4.38. The highest BCUT2D eigenvalue weighted by molar-refractivity contribution is 6.06. The normalized spacial score (nSPS) is 13.7. The number of alkyl halides is 3. The fourth-order valence-electron chi connectivity index (χ4n) is 3.04. The van der Waals surface area contributed by atoms with Crippen LogP contribution in [0.15, 0.2) is 48.0 Å². The largest absolute Gasteiger partial charge is 0.573 e. The maximum absolute atomic E-state index is 13.4. The summed E-state index contributed by atoms with van der Waals surface area (Å²) in [5.74, 6) is -1.03. The van der Waals surface area contributed by atoms with Crippen molar-refractivity contribution in [3.8, 4) is 11.5 Å². The van der Waals surface area contributed by atoms with Crippen molar-refractivity contribution in [2.45, 2.75) is 6.36 Å². The molecule has 2 aromatic carbocycles. The van der Waals surface area contributed by atoms with Gasteiger partial charge >= 0.3 is 6.36 Å². The van der Waals surface area contributed by atoms with Crippen molar-refractivity contribution in [3.63, 3.8) is 0 Å². The van der Waals surface area contributed by atoms with Gasteiger partial charge in [0.05, 0.1) is 5.57 Å². The number of halogens is 4. The van der Waals surface area contributed by atoms with E-state index in [4.69, 9.17) is 4.74 Å². The van der Waals surface area contributed by atoms with Crippen LogP contribution >= 0.6 is 0 Å². The van der Waals surface area contributed by atoms with Crippen LogP contribution < -0.4 is 14.8 Å². The van der Waals surface area contributed by atoms with Gasteiger partial charge in [0.2, 0.25) is 0 Å². The first-order valence-corrected chi connectivity index (χ1v) is 9.09. The minimum absolute atomic E-state index is 0.0764. The van der Waals surface area contributed by atoms with Gasteiger partial charge in [0.15, 0.2) is 0 Å². The number of carbonyl (C=O) groups excluding carboxylic acids is 1. The van der Waals surface area contributed by atoms with E-state index in [1.807, 2.05) is 19.0 Å². The Bertz CT molecular complexity index is 954. The van der Waals surface area contributed by atoms with E-state index in [0.29, 0.717) is 30.0 Å². The Labute approximate surface area is 170 Å². The minimum Gasteiger partial charge on any atom is -0.488 e. The Hall–Kier alpha value is -3.07. The lowest BCUT2D eigenvalue weighted by Crippen LogP contribution is -2.34. The number of ether oxygens (including phenoxy) is 2. The van der Waals surface area contributed by atoms with E-state index in [9.17, 15) is 22.4 Å². The van der Waals surface area contributed by atoms with Gasteiger partial charge in [0.25, 0.3) is 5.91 Å². The summed E-state index contributed by atoms with van der Waals surface area (Å²) in [5.41, 5.74) is 1.33. The second kappa shape index (κ2) is 8.74. The van der Waals surface area contributed by atoms with Crippen LogP contribution in [0.5, 0.6) is 11.5 Å². The number of hydrogen-bond donors (Lipinski definition) is 1. The molecule has 0 saturated heterocycles. The van der Waals surface area contributed by atoms with Crippen molar-refractivity contribution in [1.82, 2.24) is 10.2 Å². The zero-order chi connectivity index (χ0) is 21.9. The van der Waals surface area contributed by atoms with Gasteiger partial charge in [-0.1, -0.05) is 12.1 Å². The average molecular weight is 424 g/mol. The quantitative estimate of drug-likeness (QED) is 0.721. The van der Waals surface area contributed by atoms with Crippen LogP contribution in [0.3, 0.4) is 0 Å². The van der Waals surface area contributed by atoms with Crippen molar-refractivity contribution in [2.75, 3.05) is 33.8 Å². The Morgan fingerprint density at radius 2 is 1.87 bits per heavy atom. The Balaban J connectivity index is 2.06. The lowest BCUT2D eigenvalue weighted by molar-refractivity contribution is -0.274. The zero-order valence-corrected chi connectivity index (χ0v) is 16.3. The van der Waals surface area contributed by atoms with Crippen LogP contribution in [0, 0.1) is 5.82 Å². The molecule has 1 N–H and O–H groups in total. The van der Waals surface area contributed by atoms with Crippen LogP contribution in [0.4, 0.5) is 17.6 Å². The van der Waals surface area contributed by atoms with E-state index in [1.54, 1.807) is 0 Å². The predicted molar refractivity (Wildman–Crippen MR) is 103 cm³/mol. The van der Waals surface area contributed by atoms with Crippen LogP contribution in [0.1, 0.15) is 11.1 Å². The van der Waals surface area contributed by atoms with Gasteiger partial charge in [-0.15, -0.1) is 13.2 Å². The van der Waals surface area contributed by atoms with Crippen LogP contribution in [0.25, 0.3) is 5.57 Å². The highest BCUT2D eigenvalue weighted by Crippen LogP contribution is 2.40. The monoisotopic (exact) mass is 424 g/mol. The SMILES string of the molecule is CN(C)CCNC(=O)C1=C(c2ccc(F)cc2)c2cc(OC(F)(F)F)ccc2OC1. The van der Waals surface area contributed by atoms with Crippen molar-refractivity contribution in [2.24, 2.45) is 0 Å². The summed E-state index contributed by atoms with van der Waals surface area (Å²) in [6.45, 7) is 0.898. The smallest absolute Gasteiger partial charge is 0.488 e. The van der Waals surface area contributed by atoms with Gasteiger partial charge in [-0.05, 0) is 50.0 Å². The molecule has 0 atom stereocenters. The summed E-state index contributed by atoms with van der Waals surface area (Å²) in [4.78, 5) is 14.7. The average Bonchev–Trinajstić information content (AvgIpc) is 2.66. The second-order valence-corrected chi connectivity index (χ2v) is 6.91. The van der Waals surface area contributed by atoms with E-state index in [-0.39, 0.29) is 17.7 Å². The standard InChI is InChI=1S/C21H20F4N2O3/c1-27(2)10-9-26-20(28)17-12-29-18-8-7-15(30-21(23,24)25)11-16(18)19(17)13-3-5-14(22)6-4-13/h3-8,11H,9-10,12H2,1-2H3,(H,26,28). The zero-order valence-electron chi connectivity index (χ0n) is 16.3. The van der Waals surface area contributed by atoms with Crippen molar-refractivity contribution in [1.29, 1.82) is 0 Å². The molecule has 1 heterocycles. The molecule has 1 aliphatic heterocycles. The summed E-state index contributed by atoms with van der Waals surface area (Å²) in [7, 11) is 3.72. The Morgan fingerprint density at radius 3 is 2.50 bits per heavy atom. The number of carbonyl (C=O) groups is 1. The number of amides is 1. The minimum atomic E-state index is -4.87.